The van der Waals surface area contributed by atoms with Gasteiger partial charge in [0.25, 0.3) is 5.91 Å². The van der Waals surface area contributed by atoms with E-state index >= 15 is 0 Å². The second-order valence-electron chi connectivity index (χ2n) is 6.20. The fourth-order valence-electron chi connectivity index (χ4n) is 3.15. The third kappa shape index (κ3) is 3.99. The number of nitrogens with one attached hydrogen (secondary N) is 1. The smallest absolute Gasteiger partial charge is 0.253 e. The van der Waals surface area contributed by atoms with Gasteiger partial charge in [0.1, 0.15) is 0 Å². The van der Waals surface area contributed by atoms with E-state index in [1.165, 1.54) is 19.3 Å². The monoisotopic (exact) mass is 312 g/mol. The molecule has 1 atom stereocenters. The zero-order chi connectivity index (χ0) is 16.1. The molecule has 1 aliphatic heterocycles. The summed E-state index contributed by atoms with van der Waals surface area (Å²) in [6.07, 6.45) is 7.43. The lowest BCUT2D eigenvalue weighted by Gasteiger charge is -2.29. The zero-order valence-corrected chi connectivity index (χ0v) is 13.6. The highest BCUT2D eigenvalue weighted by atomic mass is 16.1. The Balaban J connectivity index is 1.66. The van der Waals surface area contributed by atoms with Crippen LogP contribution in [-0.2, 0) is 0 Å². The van der Waals surface area contributed by atoms with Gasteiger partial charge in [-0.05, 0) is 51.1 Å². The van der Waals surface area contributed by atoms with E-state index in [2.05, 4.69) is 22.2 Å². The molecule has 0 aliphatic carbocycles. The number of nitrogens with zero attached hydrogens (tertiary/aromatic N) is 3. The van der Waals surface area contributed by atoms with Crippen LogP contribution >= 0.6 is 0 Å². The molecular weight excluding hydrogens is 288 g/mol. The Kier molecular flexibility index (Phi) is 5.08. The molecule has 2 heterocycles. The molecule has 1 aromatic heterocycles. The van der Waals surface area contributed by atoms with Crippen LogP contribution in [0.4, 0.5) is 0 Å². The molecule has 0 bridgehead atoms. The maximum Gasteiger partial charge on any atom is 0.253 e. The van der Waals surface area contributed by atoms with Gasteiger partial charge >= 0.3 is 0 Å². The Bertz CT molecular complexity index is 632. The van der Waals surface area contributed by atoms with Crippen molar-refractivity contribution in [1.82, 2.24) is 20.0 Å². The molecule has 1 unspecified atom stereocenters. The van der Waals surface area contributed by atoms with Crippen LogP contribution in [0.15, 0.2) is 42.7 Å². The second-order valence-corrected chi connectivity index (χ2v) is 6.20. The number of para-hydroxylation sites is 1. The molecule has 2 aromatic rings. The average Bonchev–Trinajstić information content (AvgIpc) is 3.10. The first-order valence-corrected chi connectivity index (χ1v) is 8.36. The summed E-state index contributed by atoms with van der Waals surface area (Å²) < 4.78 is 1.73. The van der Waals surface area contributed by atoms with Crippen molar-refractivity contribution < 1.29 is 4.79 Å². The predicted octanol–water partition coefficient (Wildman–Crippen LogP) is 2.48. The van der Waals surface area contributed by atoms with Crippen molar-refractivity contribution in [3.05, 3.63) is 48.3 Å². The molecule has 1 amide bonds. The number of likely N-dealkylation sites (tertiary alicyclic amines) is 1. The highest BCUT2D eigenvalue weighted by Crippen LogP contribution is 2.14. The molecule has 0 spiro atoms. The molecule has 5 nitrogen and oxygen atoms in total. The minimum Gasteiger partial charge on any atom is -0.348 e. The fourth-order valence-corrected chi connectivity index (χ4v) is 3.15. The summed E-state index contributed by atoms with van der Waals surface area (Å²) in [6.45, 7) is 5.27. The van der Waals surface area contributed by atoms with E-state index in [4.69, 9.17) is 0 Å². The van der Waals surface area contributed by atoms with Crippen LogP contribution in [0.1, 0.15) is 36.5 Å². The van der Waals surface area contributed by atoms with Gasteiger partial charge in [0.2, 0.25) is 0 Å². The number of piperidine rings is 1. The number of carbonyl (C=O) groups is 1. The quantitative estimate of drug-likeness (QED) is 0.923. The predicted molar refractivity (Wildman–Crippen MR) is 90.8 cm³/mol. The van der Waals surface area contributed by atoms with E-state index in [-0.39, 0.29) is 11.9 Å². The van der Waals surface area contributed by atoms with Crippen LogP contribution in [0.2, 0.25) is 0 Å². The van der Waals surface area contributed by atoms with E-state index in [0.29, 0.717) is 5.56 Å². The highest BCUT2D eigenvalue weighted by molar-refractivity contribution is 5.97. The van der Waals surface area contributed by atoms with Gasteiger partial charge in [-0.1, -0.05) is 18.6 Å². The number of carbonyl (C=O) groups excluding carboxylic acids is 1. The minimum atomic E-state index is -0.0411. The number of amides is 1. The Morgan fingerprint density at radius 1 is 1.22 bits per heavy atom. The van der Waals surface area contributed by atoms with Crippen LogP contribution in [0.25, 0.3) is 5.69 Å². The van der Waals surface area contributed by atoms with Crippen LogP contribution in [0, 0.1) is 0 Å². The summed E-state index contributed by atoms with van der Waals surface area (Å²) in [5, 5.41) is 7.35. The molecule has 3 rings (SSSR count). The minimum absolute atomic E-state index is 0.0411. The van der Waals surface area contributed by atoms with Gasteiger partial charge in [0.05, 0.1) is 11.3 Å². The summed E-state index contributed by atoms with van der Waals surface area (Å²) in [4.78, 5) is 15.1. The summed E-state index contributed by atoms with van der Waals surface area (Å²) in [7, 11) is 0. The molecule has 1 aromatic carbocycles. The van der Waals surface area contributed by atoms with Crippen molar-refractivity contribution in [1.29, 1.82) is 0 Å². The summed E-state index contributed by atoms with van der Waals surface area (Å²) >= 11 is 0. The SMILES string of the molecule is CC(CN1CCCCC1)NC(=O)c1ccccc1-n1cccn1. The van der Waals surface area contributed by atoms with Crippen molar-refractivity contribution in [2.24, 2.45) is 0 Å². The van der Waals surface area contributed by atoms with Gasteiger partial charge in [-0.2, -0.15) is 5.10 Å². The van der Waals surface area contributed by atoms with Crippen molar-refractivity contribution in [2.75, 3.05) is 19.6 Å². The van der Waals surface area contributed by atoms with Gasteiger partial charge in [-0.3, -0.25) is 4.79 Å². The standard InChI is InChI=1S/C18H24N4O/c1-15(14-21-11-5-2-6-12-21)20-18(23)16-8-3-4-9-17(16)22-13-7-10-19-22/h3-4,7-10,13,15H,2,5-6,11-12,14H2,1H3,(H,20,23). The van der Waals surface area contributed by atoms with Crippen LogP contribution in [-0.4, -0.2) is 46.3 Å². The second kappa shape index (κ2) is 7.42. The number of hydrogen-bond acceptors (Lipinski definition) is 3. The molecule has 122 valence electrons. The summed E-state index contributed by atoms with van der Waals surface area (Å²) in [5.41, 5.74) is 1.46. The third-order valence-electron chi connectivity index (χ3n) is 4.26. The first-order valence-electron chi connectivity index (χ1n) is 8.36. The van der Waals surface area contributed by atoms with Gasteiger partial charge in [-0.15, -0.1) is 0 Å². The van der Waals surface area contributed by atoms with Gasteiger partial charge in [0, 0.05) is 25.0 Å². The molecule has 1 N–H and O–H groups in total. The van der Waals surface area contributed by atoms with Crippen LogP contribution in [0.5, 0.6) is 0 Å². The van der Waals surface area contributed by atoms with Gasteiger partial charge in [0.15, 0.2) is 0 Å². The van der Waals surface area contributed by atoms with E-state index in [1.54, 1.807) is 10.9 Å². The largest absolute Gasteiger partial charge is 0.348 e. The summed E-state index contributed by atoms with van der Waals surface area (Å²) in [5.74, 6) is -0.0411. The van der Waals surface area contributed by atoms with Crippen molar-refractivity contribution >= 4 is 5.91 Å². The lowest BCUT2D eigenvalue weighted by molar-refractivity contribution is 0.0925. The Hall–Kier alpha value is -2.14. The van der Waals surface area contributed by atoms with E-state index in [0.717, 1.165) is 25.3 Å². The lowest BCUT2D eigenvalue weighted by Crippen LogP contribution is -2.43. The van der Waals surface area contributed by atoms with Gasteiger partial charge in [-0.25, -0.2) is 4.68 Å². The Labute approximate surface area is 137 Å². The van der Waals surface area contributed by atoms with Crippen molar-refractivity contribution in [2.45, 2.75) is 32.2 Å². The molecule has 0 radical (unpaired) electrons. The van der Waals surface area contributed by atoms with E-state index in [9.17, 15) is 4.79 Å². The molecule has 0 saturated carbocycles. The maximum absolute atomic E-state index is 12.6. The van der Waals surface area contributed by atoms with Crippen LogP contribution < -0.4 is 5.32 Å². The summed E-state index contributed by atoms with van der Waals surface area (Å²) in [6, 6.07) is 9.55. The third-order valence-corrected chi connectivity index (χ3v) is 4.26. The molecule has 5 heteroatoms. The fraction of sp³-hybridized carbons (Fsp3) is 0.444. The molecule has 1 fully saturated rings. The highest BCUT2D eigenvalue weighted by Gasteiger charge is 2.17. The van der Waals surface area contributed by atoms with Gasteiger partial charge < -0.3 is 10.2 Å². The maximum atomic E-state index is 12.6. The molecule has 1 saturated heterocycles. The molecule has 23 heavy (non-hydrogen) atoms. The first-order chi connectivity index (χ1) is 11.2. The average molecular weight is 312 g/mol. The number of aromatic nitrogens is 2. The zero-order valence-electron chi connectivity index (χ0n) is 13.6. The normalized spacial score (nSPS) is 16.9. The lowest BCUT2D eigenvalue weighted by atomic mass is 10.1. The van der Waals surface area contributed by atoms with E-state index < -0.39 is 0 Å². The number of benzene rings is 1. The first kappa shape index (κ1) is 15.7. The topological polar surface area (TPSA) is 50.2 Å². The Morgan fingerprint density at radius 3 is 2.74 bits per heavy atom. The van der Waals surface area contributed by atoms with Crippen molar-refractivity contribution in [3.8, 4) is 5.69 Å². The molecular formula is C18H24N4O. The Morgan fingerprint density at radius 2 is 2.00 bits per heavy atom. The van der Waals surface area contributed by atoms with Crippen molar-refractivity contribution in [3.63, 3.8) is 0 Å². The number of hydrogen-bond donors (Lipinski definition) is 1. The van der Waals surface area contributed by atoms with Crippen LogP contribution in [0.3, 0.4) is 0 Å². The van der Waals surface area contributed by atoms with E-state index in [1.807, 2.05) is 36.5 Å². The number of rotatable bonds is 5. The molecule has 1 aliphatic rings.